The van der Waals surface area contributed by atoms with Crippen LogP contribution in [0.2, 0.25) is 0 Å². The van der Waals surface area contributed by atoms with Crippen molar-refractivity contribution in [2.24, 2.45) is 11.8 Å². The summed E-state index contributed by atoms with van der Waals surface area (Å²) in [5.74, 6) is 2.03. The van der Waals surface area contributed by atoms with Crippen LogP contribution in [0.1, 0.15) is 104 Å². The standard InChI is InChI=1S/C21H43N/c1-4-6-8-10-12-14-16-20(15-13-11-9-7-5-2)21-17-18-22(3)19-21/h20-21H,4-19H2,1-3H3/t20?,21-/m1/s1. The maximum absolute atomic E-state index is 2.55. The molecule has 0 aromatic heterocycles. The van der Waals surface area contributed by atoms with Gasteiger partial charge in [-0.1, -0.05) is 97.3 Å². The molecule has 0 amide bonds. The van der Waals surface area contributed by atoms with Crippen molar-refractivity contribution in [1.82, 2.24) is 4.90 Å². The van der Waals surface area contributed by atoms with Crippen molar-refractivity contribution >= 4 is 0 Å². The number of unbranched alkanes of at least 4 members (excludes halogenated alkanes) is 9. The molecule has 1 aliphatic rings. The van der Waals surface area contributed by atoms with Gasteiger partial charge in [0.05, 0.1) is 0 Å². The van der Waals surface area contributed by atoms with Gasteiger partial charge in [0, 0.05) is 6.54 Å². The summed E-state index contributed by atoms with van der Waals surface area (Å²) in [5, 5.41) is 0. The van der Waals surface area contributed by atoms with Gasteiger partial charge in [0.2, 0.25) is 0 Å². The van der Waals surface area contributed by atoms with Crippen molar-refractivity contribution < 1.29 is 0 Å². The average Bonchev–Trinajstić information content (AvgIpc) is 2.94. The van der Waals surface area contributed by atoms with Crippen molar-refractivity contribution in [3.8, 4) is 0 Å². The molecule has 1 saturated heterocycles. The zero-order chi connectivity index (χ0) is 16.0. The molecule has 2 atom stereocenters. The molecule has 1 heteroatoms. The lowest BCUT2D eigenvalue weighted by atomic mass is 9.83. The van der Waals surface area contributed by atoms with E-state index < -0.39 is 0 Å². The first-order chi connectivity index (χ1) is 10.8. The van der Waals surface area contributed by atoms with Crippen LogP contribution < -0.4 is 0 Å². The highest BCUT2D eigenvalue weighted by molar-refractivity contribution is 4.79. The summed E-state index contributed by atoms with van der Waals surface area (Å²) >= 11 is 0. The zero-order valence-electron chi connectivity index (χ0n) is 15.9. The quantitative estimate of drug-likeness (QED) is 0.324. The normalized spacial score (nSPS) is 20.6. The Balaban J connectivity index is 2.19. The van der Waals surface area contributed by atoms with Crippen LogP contribution >= 0.6 is 0 Å². The Morgan fingerprint density at radius 2 is 1.27 bits per heavy atom. The summed E-state index contributed by atoms with van der Waals surface area (Å²) in [4.78, 5) is 2.55. The molecule has 1 fully saturated rings. The number of nitrogens with zero attached hydrogens (tertiary/aromatic N) is 1. The second-order valence-electron chi connectivity index (χ2n) is 7.83. The van der Waals surface area contributed by atoms with Crippen LogP contribution in [0, 0.1) is 11.8 Å². The van der Waals surface area contributed by atoms with Crippen molar-refractivity contribution in [2.75, 3.05) is 20.1 Å². The zero-order valence-corrected chi connectivity index (χ0v) is 15.9. The van der Waals surface area contributed by atoms with Crippen molar-refractivity contribution in [1.29, 1.82) is 0 Å². The first-order valence-electron chi connectivity index (χ1n) is 10.5. The van der Waals surface area contributed by atoms with Crippen LogP contribution in [0.4, 0.5) is 0 Å². The Hall–Kier alpha value is -0.0400. The summed E-state index contributed by atoms with van der Waals surface area (Å²) in [6, 6.07) is 0. The first kappa shape index (κ1) is 20.0. The predicted molar refractivity (Wildman–Crippen MR) is 100 cm³/mol. The summed E-state index contributed by atoms with van der Waals surface area (Å²) in [7, 11) is 2.31. The van der Waals surface area contributed by atoms with E-state index in [2.05, 4.69) is 25.8 Å². The van der Waals surface area contributed by atoms with E-state index >= 15 is 0 Å². The van der Waals surface area contributed by atoms with Gasteiger partial charge in [0.15, 0.2) is 0 Å². The highest BCUT2D eigenvalue weighted by Crippen LogP contribution is 2.31. The van der Waals surface area contributed by atoms with E-state index in [0.29, 0.717) is 0 Å². The molecule has 1 rings (SSSR count). The molecular weight excluding hydrogens is 266 g/mol. The SMILES string of the molecule is CCCCCCCCC(CCCCCCC)[C@@H]1CCN(C)C1. The summed E-state index contributed by atoms with van der Waals surface area (Å²) in [6.07, 6.45) is 20.4. The van der Waals surface area contributed by atoms with Gasteiger partial charge in [-0.2, -0.15) is 0 Å². The van der Waals surface area contributed by atoms with Crippen LogP contribution in [0.15, 0.2) is 0 Å². The van der Waals surface area contributed by atoms with E-state index in [1.807, 2.05) is 0 Å². The minimum atomic E-state index is 1.01. The average molecular weight is 310 g/mol. The van der Waals surface area contributed by atoms with Gasteiger partial charge in [-0.25, -0.2) is 0 Å². The van der Waals surface area contributed by atoms with Gasteiger partial charge in [0.1, 0.15) is 0 Å². The van der Waals surface area contributed by atoms with E-state index in [1.165, 1.54) is 103 Å². The maximum Gasteiger partial charge on any atom is 0.000973 e. The van der Waals surface area contributed by atoms with Crippen LogP contribution in [0.25, 0.3) is 0 Å². The lowest BCUT2D eigenvalue weighted by molar-refractivity contribution is 0.273. The Kier molecular flexibility index (Phi) is 12.2. The maximum atomic E-state index is 2.55. The number of hydrogen-bond acceptors (Lipinski definition) is 1. The van der Waals surface area contributed by atoms with E-state index in [0.717, 1.165) is 11.8 Å². The van der Waals surface area contributed by atoms with Crippen LogP contribution in [-0.2, 0) is 0 Å². The number of hydrogen-bond donors (Lipinski definition) is 0. The second kappa shape index (κ2) is 13.4. The van der Waals surface area contributed by atoms with Crippen molar-refractivity contribution in [3.63, 3.8) is 0 Å². The molecule has 0 bridgehead atoms. The van der Waals surface area contributed by atoms with Gasteiger partial charge >= 0.3 is 0 Å². The monoisotopic (exact) mass is 309 g/mol. The second-order valence-corrected chi connectivity index (χ2v) is 7.83. The Morgan fingerprint density at radius 1 is 0.773 bits per heavy atom. The highest BCUT2D eigenvalue weighted by Gasteiger charge is 2.26. The summed E-state index contributed by atoms with van der Waals surface area (Å²) in [5.41, 5.74) is 0. The molecule has 0 saturated carbocycles. The molecule has 0 N–H and O–H groups in total. The number of rotatable bonds is 14. The third-order valence-corrected chi connectivity index (χ3v) is 5.70. The highest BCUT2D eigenvalue weighted by atomic mass is 15.1. The summed E-state index contributed by atoms with van der Waals surface area (Å²) in [6.45, 7) is 7.34. The molecule has 0 aromatic rings. The largest absolute Gasteiger partial charge is 0.306 e. The van der Waals surface area contributed by atoms with E-state index in [1.54, 1.807) is 0 Å². The molecule has 132 valence electrons. The Morgan fingerprint density at radius 3 is 1.73 bits per heavy atom. The molecule has 1 unspecified atom stereocenters. The Labute approximate surface area is 141 Å². The van der Waals surface area contributed by atoms with Gasteiger partial charge in [-0.05, 0) is 31.8 Å². The number of likely N-dealkylation sites (tertiary alicyclic amines) is 1. The fourth-order valence-corrected chi connectivity index (χ4v) is 4.17. The summed E-state index contributed by atoms with van der Waals surface area (Å²) < 4.78 is 0. The molecule has 22 heavy (non-hydrogen) atoms. The van der Waals surface area contributed by atoms with Crippen LogP contribution in [0.3, 0.4) is 0 Å². The topological polar surface area (TPSA) is 3.24 Å². The van der Waals surface area contributed by atoms with Gasteiger partial charge < -0.3 is 4.90 Å². The van der Waals surface area contributed by atoms with E-state index in [4.69, 9.17) is 0 Å². The molecular formula is C21H43N. The Bertz CT molecular complexity index is 238. The molecule has 1 nitrogen and oxygen atoms in total. The fraction of sp³-hybridized carbons (Fsp3) is 1.00. The van der Waals surface area contributed by atoms with E-state index in [9.17, 15) is 0 Å². The molecule has 0 radical (unpaired) electrons. The molecule has 0 spiro atoms. The predicted octanol–water partition coefficient (Wildman–Crippen LogP) is 6.67. The third-order valence-electron chi connectivity index (χ3n) is 5.70. The molecule has 0 aliphatic carbocycles. The van der Waals surface area contributed by atoms with Gasteiger partial charge in [0.25, 0.3) is 0 Å². The van der Waals surface area contributed by atoms with Gasteiger partial charge in [-0.3, -0.25) is 0 Å². The fourth-order valence-electron chi connectivity index (χ4n) is 4.17. The minimum Gasteiger partial charge on any atom is -0.306 e. The third kappa shape index (κ3) is 9.18. The van der Waals surface area contributed by atoms with Crippen LogP contribution in [0.5, 0.6) is 0 Å². The molecule has 0 aromatic carbocycles. The van der Waals surface area contributed by atoms with Crippen molar-refractivity contribution in [3.05, 3.63) is 0 Å². The molecule has 1 heterocycles. The minimum absolute atomic E-state index is 1.01. The molecule has 1 aliphatic heterocycles. The lowest BCUT2D eigenvalue weighted by Crippen LogP contribution is -2.20. The smallest absolute Gasteiger partial charge is 0.000973 e. The van der Waals surface area contributed by atoms with Crippen LogP contribution in [-0.4, -0.2) is 25.0 Å². The lowest BCUT2D eigenvalue weighted by Gasteiger charge is -2.24. The first-order valence-corrected chi connectivity index (χ1v) is 10.5. The van der Waals surface area contributed by atoms with E-state index in [-0.39, 0.29) is 0 Å². The van der Waals surface area contributed by atoms with Gasteiger partial charge in [-0.15, -0.1) is 0 Å². The van der Waals surface area contributed by atoms with Crippen molar-refractivity contribution in [2.45, 2.75) is 104 Å².